The number of epoxide rings is 1. The fourth-order valence-corrected chi connectivity index (χ4v) is 2.83. The fraction of sp³-hybridized carbons (Fsp3) is 0.867. The number of rotatable bonds is 0. The monoisotopic (exact) mass is 254 g/mol. The SMILES string of the molecule is C/C1=C/C(O)C(C)(C)CCCC2(C)OC2CC1O. The van der Waals surface area contributed by atoms with Gasteiger partial charge in [0.05, 0.1) is 23.9 Å². The first-order valence-corrected chi connectivity index (χ1v) is 6.97. The van der Waals surface area contributed by atoms with Crippen LogP contribution in [0.3, 0.4) is 0 Å². The summed E-state index contributed by atoms with van der Waals surface area (Å²) in [4.78, 5) is 0. The Morgan fingerprint density at radius 3 is 2.56 bits per heavy atom. The highest BCUT2D eigenvalue weighted by molar-refractivity contribution is 5.13. The molecule has 0 radical (unpaired) electrons. The van der Waals surface area contributed by atoms with E-state index in [2.05, 4.69) is 20.8 Å². The van der Waals surface area contributed by atoms with E-state index in [1.807, 2.05) is 13.0 Å². The third-order valence-electron chi connectivity index (χ3n) is 4.71. The van der Waals surface area contributed by atoms with Crippen LogP contribution in [0.2, 0.25) is 0 Å². The summed E-state index contributed by atoms with van der Waals surface area (Å²) >= 11 is 0. The van der Waals surface area contributed by atoms with E-state index in [0.29, 0.717) is 6.42 Å². The van der Waals surface area contributed by atoms with E-state index in [1.165, 1.54) is 0 Å². The predicted molar refractivity (Wildman–Crippen MR) is 71.3 cm³/mol. The van der Waals surface area contributed by atoms with Crippen molar-refractivity contribution in [3.8, 4) is 0 Å². The van der Waals surface area contributed by atoms with E-state index >= 15 is 0 Å². The van der Waals surface area contributed by atoms with E-state index < -0.39 is 12.2 Å². The molecule has 0 spiro atoms. The second-order valence-electron chi connectivity index (χ2n) is 6.87. The standard InChI is InChI=1S/C15H26O3/c1-10-8-12(17)14(2,3)6-5-7-15(4)13(18-15)9-11(10)16/h8,11-13,16-17H,5-7,9H2,1-4H3/b10-8-. The highest BCUT2D eigenvalue weighted by Crippen LogP contribution is 2.45. The van der Waals surface area contributed by atoms with Crippen molar-refractivity contribution < 1.29 is 14.9 Å². The first-order chi connectivity index (χ1) is 8.24. The first-order valence-electron chi connectivity index (χ1n) is 6.97. The van der Waals surface area contributed by atoms with Crippen LogP contribution in [0.4, 0.5) is 0 Å². The van der Waals surface area contributed by atoms with Crippen LogP contribution in [0.5, 0.6) is 0 Å². The molecule has 1 heterocycles. The van der Waals surface area contributed by atoms with E-state index in [0.717, 1.165) is 24.8 Å². The Balaban J connectivity index is 2.17. The highest BCUT2D eigenvalue weighted by atomic mass is 16.6. The van der Waals surface area contributed by atoms with Crippen LogP contribution < -0.4 is 0 Å². The van der Waals surface area contributed by atoms with Crippen LogP contribution in [0.15, 0.2) is 11.6 Å². The summed E-state index contributed by atoms with van der Waals surface area (Å²) in [6.45, 7) is 8.19. The number of hydrogen-bond donors (Lipinski definition) is 2. The van der Waals surface area contributed by atoms with Crippen LogP contribution in [0.1, 0.15) is 53.4 Å². The molecule has 1 aliphatic heterocycles. The van der Waals surface area contributed by atoms with Crippen molar-refractivity contribution in [2.24, 2.45) is 5.41 Å². The smallest absolute Gasteiger partial charge is 0.0921 e. The van der Waals surface area contributed by atoms with Gasteiger partial charge in [0.15, 0.2) is 0 Å². The largest absolute Gasteiger partial charge is 0.389 e. The molecule has 2 N–H and O–H groups in total. The van der Waals surface area contributed by atoms with Crippen LogP contribution >= 0.6 is 0 Å². The molecule has 18 heavy (non-hydrogen) atoms. The minimum atomic E-state index is -0.500. The van der Waals surface area contributed by atoms with Crippen molar-refractivity contribution in [2.75, 3.05) is 0 Å². The Labute approximate surface area is 110 Å². The maximum atomic E-state index is 10.3. The number of hydrogen-bond acceptors (Lipinski definition) is 3. The highest BCUT2D eigenvalue weighted by Gasteiger charge is 2.52. The third kappa shape index (κ3) is 2.79. The van der Waals surface area contributed by atoms with E-state index in [1.54, 1.807) is 0 Å². The van der Waals surface area contributed by atoms with Gasteiger partial charge in [-0.15, -0.1) is 0 Å². The Hall–Kier alpha value is -0.380. The van der Waals surface area contributed by atoms with Crippen molar-refractivity contribution in [3.63, 3.8) is 0 Å². The van der Waals surface area contributed by atoms with E-state index in [4.69, 9.17) is 4.74 Å². The number of fused-ring (bicyclic) bond motifs is 1. The van der Waals surface area contributed by atoms with Crippen LogP contribution in [-0.4, -0.2) is 34.1 Å². The summed E-state index contributed by atoms with van der Waals surface area (Å²) in [6, 6.07) is 0. The van der Waals surface area contributed by atoms with Crippen LogP contribution in [0.25, 0.3) is 0 Å². The molecule has 0 saturated carbocycles. The summed E-state index contributed by atoms with van der Waals surface area (Å²) in [5.41, 5.74) is 0.661. The van der Waals surface area contributed by atoms with Gasteiger partial charge in [0.25, 0.3) is 0 Å². The summed E-state index contributed by atoms with van der Waals surface area (Å²) in [5.74, 6) is 0. The lowest BCUT2D eigenvalue weighted by atomic mass is 9.80. The molecule has 3 heteroatoms. The zero-order valence-corrected chi connectivity index (χ0v) is 11.9. The molecule has 4 unspecified atom stereocenters. The van der Waals surface area contributed by atoms with Gasteiger partial charge in [-0.2, -0.15) is 0 Å². The van der Waals surface area contributed by atoms with Crippen molar-refractivity contribution in [1.29, 1.82) is 0 Å². The maximum Gasteiger partial charge on any atom is 0.0921 e. The fourth-order valence-electron chi connectivity index (χ4n) is 2.83. The molecular weight excluding hydrogens is 228 g/mol. The van der Waals surface area contributed by atoms with Crippen molar-refractivity contribution in [3.05, 3.63) is 11.6 Å². The molecule has 3 nitrogen and oxygen atoms in total. The Morgan fingerprint density at radius 1 is 1.22 bits per heavy atom. The zero-order valence-electron chi connectivity index (χ0n) is 11.9. The van der Waals surface area contributed by atoms with Crippen LogP contribution in [-0.2, 0) is 4.74 Å². The predicted octanol–water partition coefficient (Wildman–Crippen LogP) is 2.41. The second kappa shape index (κ2) is 4.62. The lowest BCUT2D eigenvalue weighted by Gasteiger charge is -2.29. The van der Waals surface area contributed by atoms with Gasteiger partial charge >= 0.3 is 0 Å². The number of aliphatic hydroxyl groups is 2. The van der Waals surface area contributed by atoms with Gasteiger partial charge < -0.3 is 14.9 Å². The van der Waals surface area contributed by atoms with E-state index in [-0.39, 0.29) is 17.1 Å². The van der Waals surface area contributed by atoms with E-state index in [9.17, 15) is 10.2 Å². The zero-order chi connectivity index (χ0) is 13.6. The molecule has 104 valence electrons. The van der Waals surface area contributed by atoms with Gasteiger partial charge in [0.1, 0.15) is 0 Å². The van der Waals surface area contributed by atoms with Crippen LogP contribution in [0, 0.1) is 5.41 Å². The molecular formula is C15H26O3. The van der Waals surface area contributed by atoms with Gasteiger partial charge in [0, 0.05) is 6.42 Å². The lowest BCUT2D eigenvalue weighted by Crippen LogP contribution is -2.28. The minimum Gasteiger partial charge on any atom is -0.389 e. The second-order valence-corrected chi connectivity index (χ2v) is 6.87. The van der Waals surface area contributed by atoms with Gasteiger partial charge in [-0.3, -0.25) is 0 Å². The molecule has 0 aromatic carbocycles. The number of aliphatic hydroxyl groups excluding tert-OH is 2. The molecule has 0 aromatic rings. The average molecular weight is 254 g/mol. The molecule has 2 aliphatic rings. The quantitative estimate of drug-likeness (QED) is 0.515. The third-order valence-corrected chi connectivity index (χ3v) is 4.71. The molecule has 1 fully saturated rings. The molecule has 0 aromatic heterocycles. The topological polar surface area (TPSA) is 53.0 Å². The summed E-state index contributed by atoms with van der Waals surface area (Å²) < 4.78 is 5.74. The van der Waals surface area contributed by atoms with Gasteiger partial charge in [-0.05, 0) is 44.1 Å². The first kappa shape index (κ1) is 14.0. The normalized spacial score (nSPS) is 47.4. The summed E-state index contributed by atoms with van der Waals surface area (Å²) in [7, 11) is 0. The molecule has 0 bridgehead atoms. The van der Waals surface area contributed by atoms with Gasteiger partial charge in [0.2, 0.25) is 0 Å². The average Bonchev–Trinajstić information content (AvgIpc) is 2.87. The van der Waals surface area contributed by atoms with Gasteiger partial charge in [-0.25, -0.2) is 0 Å². The lowest BCUT2D eigenvalue weighted by molar-refractivity contribution is 0.0768. The van der Waals surface area contributed by atoms with Gasteiger partial charge in [-0.1, -0.05) is 19.9 Å². The summed E-state index contributed by atoms with van der Waals surface area (Å²) in [6.07, 6.45) is 4.69. The molecule has 1 saturated heterocycles. The minimum absolute atomic E-state index is 0.0490. The number of ether oxygens (including phenoxy) is 1. The van der Waals surface area contributed by atoms with Crippen molar-refractivity contribution in [1.82, 2.24) is 0 Å². The van der Waals surface area contributed by atoms with Crippen molar-refractivity contribution >= 4 is 0 Å². The molecule has 2 rings (SSSR count). The maximum absolute atomic E-state index is 10.3. The Bertz CT molecular complexity index is 348. The Morgan fingerprint density at radius 2 is 1.89 bits per heavy atom. The molecule has 1 aliphatic carbocycles. The Kier molecular flexibility index (Phi) is 3.60. The molecule has 0 amide bonds. The van der Waals surface area contributed by atoms with Crippen molar-refractivity contribution in [2.45, 2.75) is 77.3 Å². The summed E-state index contributed by atoms with van der Waals surface area (Å²) in [5, 5.41) is 20.4. The molecule has 4 atom stereocenters.